The summed E-state index contributed by atoms with van der Waals surface area (Å²) in [5, 5.41) is -0.505. The highest BCUT2D eigenvalue weighted by Gasteiger charge is 2.33. The van der Waals surface area contributed by atoms with E-state index in [2.05, 4.69) is 8.75 Å². The number of halogens is 2. The third kappa shape index (κ3) is 1.30. The van der Waals surface area contributed by atoms with Crippen LogP contribution in [0.4, 0.5) is 0 Å². The molecule has 3 rings (SSSR count). The molecule has 2 nitrogen and oxygen atoms in total. The molecule has 1 aliphatic carbocycles. The van der Waals surface area contributed by atoms with Crippen LogP contribution in [0, 0.1) is 0 Å². The molecule has 0 saturated heterocycles. The van der Waals surface area contributed by atoms with Crippen LogP contribution in [0.5, 0.6) is 0 Å². The van der Waals surface area contributed by atoms with Gasteiger partial charge in [-0.1, -0.05) is 24.3 Å². The summed E-state index contributed by atoms with van der Waals surface area (Å²) in [7, 11) is 0. The topological polar surface area (TPSA) is 25.8 Å². The van der Waals surface area contributed by atoms with Gasteiger partial charge in [0, 0.05) is 5.56 Å². The minimum atomic E-state index is -0.282. The zero-order valence-corrected chi connectivity index (χ0v) is 9.85. The first-order chi connectivity index (χ1) is 7.29. The molecule has 0 amide bonds. The lowest BCUT2D eigenvalue weighted by Crippen LogP contribution is -2.09. The average Bonchev–Trinajstić information content (AvgIpc) is 2.75. The van der Waals surface area contributed by atoms with E-state index in [1.54, 1.807) is 0 Å². The number of nitrogens with zero attached hydrogens (tertiary/aromatic N) is 2. The van der Waals surface area contributed by atoms with Crippen molar-refractivity contribution >= 4 is 34.9 Å². The standard InChI is InChI=1S/C10H6Cl2N2S/c11-7-5-3-1-2-4-6(5)9-10(8(7)12)14-15-13-9/h1-4,7-8H/t7-,8+/m0/s1. The number of hydrogen-bond acceptors (Lipinski definition) is 3. The second-order valence-corrected chi connectivity index (χ2v) is 4.86. The van der Waals surface area contributed by atoms with Gasteiger partial charge in [0.1, 0.15) is 11.4 Å². The lowest BCUT2D eigenvalue weighted by Gasteiger charge is -2.23. The van der Waals surface area contributed by atoms with Crippen LogP contribution in [-0.4, -0.2) is 8.75 Å². The van der Waals surface area contributed by atoms with Crippen LogP contribution in [-0.2, 0) is 0 Å². The van der Waals surface area contributed by atoms with E-state index >= 15 is 0 Å². The predicted molar refractivity (Wildman–Crippen MR) is 62.5 cm³/mol. The molecule has 0 aliphatic heterocycles. The van der Waals surface area contributed by atoms with Gasteiger partial charge in [-0.25, -0.2) is 0 Å². The van der Waals surface area contributed by atoms with Crippen molar-refractivity contribution in [2.24, 2.45) is 0 Å². The van der Waals surface area contributed by atoms with Gasteiger partial charge in [-0.15, -0.1) is 23.2 Å². The molecule has 1 aromatic carbocycles. The van der Waals surface area contributed by atoms with Crippen molar-refractivity contribution in [1.29, 1.82) is 0 Å². The van der Waals surface area contributed by atoms with Crippen molar-refractivity contribution in [3.8, 4) is 11.3 Å². The molecule has 76 valence electrons. The Kier molecular flexibility index (Phi) is 2.20. The Morgan fingerprint density at radius 1 is 1.07 bits per heavy atom. The van der Waals surface area contributed by atoms with E-state index in [0.717, 1.165) is 22.5 Å². The maximum atomic E-state index is 6.29. The van der Waals surface area contributed by atoms with Gasteiger partial charge in [0.25, 0.3) is 0 Å². The van der Waals surface area contributed by atoms with E-state index in [-0.39, 0.29) is 10.8 Å². The zero-order chi connectivity index (χ0) is 10.4. The molecule has 1 aliphatic rings. The molecule has 1 heterocycles. The van der Waals surface area contributed by atoms with Gasteiger partial charge in [0.2, 0.25) is 0 Å². The van der Waals surface area contributed by atoms with E-state index in [4.69, 9.17) is 23.2 Å². The maximum absolute atomic E-state index is 6.29. The first kappa shape index (κ1) is 9.58. The van der Waals surface area contributed by atoms with E-state index in [9.17, 15) is 0 Å². The molecule has 15 heavy (non-hydrogen) atoms. The van der Waals surface area contributed by atoms with Gasteiger partial charge in [-0.05, 0) is 5.56 Å². The molecular weight excluding hydrogens is 251 g/mol. The Morgan fingerprint density at radius 3 is 2.73 bits per heavy atom. The third-order valence-electron chi connectivity index (χ3n) is 2.55. The Balaban J connectivity index is 2.32. The van der Waals surface area contributed by atoms with Gasteiger partial charge < -0.3 is 0 Å². The highest BCUT2D eigenvalue weighted by molar-refractivity contribution is 6.99. The maximum Gasteiger partial charge on any atom is 0.109 e. The Labute approximate surface area is 101 Å². The van der Waals surface area contributed by atoms with Crippen LogP contribution in [0.3, 0.4) is 0 Å². The second kappa shape index (κ2) is 3.44. The predicted octanol–water partition coefficient (Wildman–Crippen LogP) is 3.78. The van der Waals surface area contributed by atoms with E-state index in [1.807, 2.05) is 24.3 Å². The van der Waals surface area contributed by atoms with Gasteiger partial charge in [-0.2, -0.15) is 8.75 Å². The van der Waals surface area contributed by atoms with Crippen LogP contribution < -0.4 is 0 Å². The lowest BCUT2D eigenvalue weighted by atomic mass is 9.92. The van der Waals surface area contributed by atoms with Crippen molar-refractivity contribution in [2.45, 2.75) is 10.8 Å². The molecule has 0 radical (unpaired) electrons. The minimum absolute atomic E-state index is 0.223. The minimum Gasteiger partial charge on any atom is -0.176 e. The number of benzene rings is 1. The molecule has 5 heteroatoms. The Morgan fingerprint density at radius 2 is 1.87 bits per heavy atom. The lowest BCUT2D eigenvalue weighted by molar-refractivity contribution is 0.843. The van der Waals surface area contributed by atoms with Crippen LogP contribution in [0.2, 0.25) is 0 Å². The molecule has 0 bridgehead atoms. The summed E-state index contributed by atoms with van der Waals surface area (Å²) >= 11 is 13.7. The van der Waals surface area contributed by atoms with Crippen molar-refractivity contribution in [3.63, 3.8) is 0 Å². The summed E-state index contributed by atoms with van der Waals surface area (Å²) in [4.78, 5) is 0. The zero-order valence-electron chi connectivity index (χ0n) is 7.52. The number of rotatable bonds is 0. The number of aromatic nitrogens is 2. The summed E-state index contributed by atoms with van der Waals surface area (Å²) in [6.07, 6.45) is 0. The van der Waals surface area contributed by atoms with Gasteiger partial charge in [-0.3, -0.25) is 0 Å². The van der Waals surface area contributed by atoms with Crippen molar-refractivity contribution in [1.82, 2.24) is 8.75 Å². The van der Waals surface area contributed by atoms with Crippen LogP contribution in [0.25, 0.3) is 11.3 Å². The monoisotopic (exact) mass is 256 g/mol. The van der Waals surface area contributed by atoms with E-state index in [1.165, 1.54) is 11.7 Å². The Hall–Kier alpha value is -0.640. The highest BCUT2D eigenvalue weighted by Crippen LogP contribution is 2.49. The first-order valence-electron chi connectivity index (χ1n) is 4.49. The molecule has 2 atom stereocenters. The van der Waals surface area contributed by atoms with Crippen molar-refractivity contribution < 1.29 is 0 Å². The Bertz CT molecular complexity index is 512. The van der Waals surface area contributed by atoms with Crippen molar-refractivity contribution in [2.75, 3.05) is 0 Å². The largest absolute Gasteiger partial charge is 0.176 e. The fourth-order valence-corrected chi connectivity index (χ4v) is 3.07. The molecule has 0 unspecified atom stereocenters. The highest BCUT2D eigenvalue weighted by atomic mass is 35.5. The van der Waals surface area contributed by atoms with Crippen molar-refractivity contribution in [3.05, 3.63) is 35.5 Å². The first-order valence-corrected chi connectivity index (χ1v) is 6.09. The van der Waals surface area contributed by atoms with E-state index < -0.39 is 0 Å². The summed E-state index contributed by atoms with van der Waals surface area (Å²) in [6.45, 7) is 0. The van der Waals surface area contributed by atoms with Gasteiger partial charge in [0.05, 0.1) is 22.5 Å². The van der Waals surface area contributed by atoms with Gasteiger partial charge in [0.15, 0.2) is 0 Å². The van der Waals surface area contributed by atoms with Crippen LogP contribution in [0.1, 0.15) is 22.0 Å². The smallest absolute Gasteiger partial charge is 0.109 e. The molecule has 1 aromatic heterocycles. The van der Waals surface area contributed by atoms with Crippen LogP contribution >= 0.6 is 34.9 Å². The third-order valence-corrected chi connectivity index (χ3v) is 4.16. The molecule has 0 spiro atoms. The molecule has 0 fully saturated rings. The fourth-order valence-electron chi connectivity index (χ4n) is 1.81. The molecular formula is C10H6Cl2N2S. The number of fused-ring (bicyclic) bond motifs is 3. The van der Waals surface area contributed by atoms with E-state index in [0.29, 0.717) is 0 Å². The SMILES string of the molecule is Cl[C@H]1c2ccccc2-c2nsnc2[C@@H]1Cl. The average molecular weight is 257 g/mol. The normalized spacial score (nSPS) is 23.3. The molecule has 2 aromatic rings. The summed E-state index contributed by atoms with van der Waals surface area (Å²) in [5.74, 6) is 0. The summed E-state index contributed by atoms with van der Waals surface area (Å²) in [5.41, 5.74) is 3.78. The number of alkyl halides is 2. The van der Waals surface area contributed by atoms with Crippen LogP contribution in [0.15, 0.2) is 24.3 Å². The molecule has 0 N–H and O–H groups in total. The summed E-state index contributed by atoms with van der Waals surface area (Å²) in [6, 6.07) is 7.93. The fraction of sp³-hybridized carbons (Fsp3) is 0.200. The number of hydrogen-bond donors (Lipinski definition) is 0. The second-order valence-electron chi connectivity index (χ2n) is 3.39. The molecule has 0 saturated carbocycles. The quantitative estimate of drug-likeness (QED) is 0.671. The van der Waals surface area contributed by atoms with Gasteiger partial charge >= 0.3 is 0 Å². The summed E-state index contributed by atoms with van der Waals surface area (Å²) < 4.78 is 8.47.